The normalized spacial score (nSPS) is 12.3. The maximum absolute atomic E-state index is 12.2. The van der Waals surface area contributed by atoms with Crippen molar-refractivity contribution in [1.82, 2.24) is 10.2 Å². The van der Waals surface area contributed by atoms with Crippen molar-refractivity contribution in [1.29, 1.82) is 0 Å². The third kappa shape index (κ3) is 5.18. The van der Waals surface area contributed by atoms with Gasteiger partial charge in [-0.3, -0.25) is 10.1 Å². The van der Waals surface area contributed by atoms with E-state index in [0.717, 1.165) is 17.0 Å². The Labute approximate surface area is 145 Å². The Hall–Kier alpha value is -1.66. The fraction of sp³-hybridized carbons (Fsp3) is 0.438. The molecule has 1 atom stereocenters. The summed E-state index contributed by atoms with van der Waals surface area (Å²) in [7, 11) is 0. The molecule has 1 amide bonds. The Morgan fingerprint density at radius 3 is 2.74 bits per heavy atom. The highest BCUT2D eigenvalue weighted by molar-refractivity contribution is 7.15. The number of hydrogen-bond donors (Lipinski definition) is 1. The van der Waals surface area contributed by atoms with Gasteiger partial charge in [-0.1, -0.05) is 36.8 Å². The molecule has 1 aromatic carbocycles. The predicted octanol–water partition coefficient (Wildman–Crippen LogP) is 4.10. The second kappa shape index (κ2) is 7.75. The Morgan fingerprint density at radius 2 is 2.09 bits per heavy atom. The lowest BCUT2D eigenvalue weighted by Crippen LogP contribution is -2.30. The fourth-order valence-corrected chi connectivity index (χ4v) is 3.11. The first-order valence-corrected chi connectivity index (χ1v) is 8.60. The predicted molar refractivity (Wildman–Crippen MR) is 93.4 cm³/mol. The van der Waals surface area contributed by atoms with Crippen molar-refractivity contribution < 1.29 is 9.53 Å². The van der Waals surface area contributed by atoms with Crippen LogP contribution < -0.4 is 10.1 Å². The molecule has 1 heterocycles. The molecule has 0 fully saturated rings. The van der Waals surface area contributed by atoms with Crippen LogP contribution in [0.3, 0.4) is 0 Å². The van der Waals surface area contributed by atoms with Crippen LogP contribution in [0.15, 0.2) is 18.2 Å². The zero-order chi connectivity index (χ0) is 17.0. The first-order valence-electron chi connectivity index (χ1n) is 7.41. The van der Waals surface area contributed by atoms with Crippen LogP contribution in [-0.2, 0) is 11.2 Å². The Morgan fingerprint density at radius 1 is 1.35 bits per heavy atom. The minimum Gasteiger partial charge on any atom is -0.481 e. The number of nitrogens with one attached hydrogen (secondary N) is 1. The zero-order valence-corrected chi connectivity index (χ0v) is 15.2. The number of benzene rings is 1. The topological polar surface area (TPSA) is 64.1 Å². The molecule has 23 heavy (non-hydrogen) atoms. The molecule has 1 N–H and O–H groups in total. The van der Waals surface area contributed by atoms with Crippen molar-refractivity contribution in [3.8, 4) is 5.75 Å². The SMILES string of the molecule is Cc1cc(Cl)ccc1OC(C)C(=O)Nc1nnc(CC(C)C)s1. The number of ether oxygens (including phenoxy) is 1. The third-order valence-corrected chi connectivity index (χ3v) is 4.19. The van der Waals surface area contributed by atoms with Gasteiger partial charge < -0.3 is 4.74 Å². The number of hydrogen-bond acceptors (Lipinski definition) is 5. The summed E-state index contributed by atoms with van der Waals surface area (Å²) in [5.74, 6) is 0.878. The van der Waals surface area contributed by atoms with Crippen molar-refractivity contribution >= 4 is 34.0 Å². The number of carbonyl (C=O) groups excluding carboxylic acids is 1. The molecular formula is C16H20ClN3O2S. The van der Waals surface area contributed by atoms with E-state index in [0.29, 0.717) is 21.8 Å². The zero-order valence-electron chi connectivity index (χ0n) is 13.6. The molecule has 7 heteroatoms. The first-order chi connectivity index (χ1) is 10.8. The molecule has 0 aliphatic heterocycles. The number of halogens is 1. The molecule has 124 valence electrons. The van der Waals surface area contributed by atoms with E-state index < -0.39 is 6.10 Å². The summed E-state index contributed by atoms with van der Waals surface area (Å²) < 4.78 is 5.69. The summed E-state index contributed by atoms with van der Waals surface area (Å²) in [5.41, 5.74) is 0.882. The average molecular weight is 354 g/mol. The minimum atomic E-state index is -0.646. The Balaban J connectivity index is 1.95. The second-order valence-corrected chi connectivity index (χ2v) is 7.26. The molecule has 0 saturated carbocycles. The summed E-state index contributed by atoms with van der Waals surface area (Å²) >= 11 is 7.30. The summed E-state index contributed by atoms with van der Waals surface area (Å²) in [6.45, 7) is 7.81. The van der Waals surface area contributed by atoms with E-state index in [1.165, 1.54) is 11.3 Å². The lowest BCUT2D eigenvalue weighted by Gasteiger charge is -2.15. The van der Waals surface area contributed by atoms with Gasteiger partial charge in [0, 0.05) is 11.4 Å². The quantitative estimate of drug-likeness (QED) is 0.849. The van der Waals surface area contributed by atoms with Crippen LogP contribution in [0.4, 0.5) is 5.13 Å². The molecule has 2 rings (SSSR count). The van der Waals surface area contributed by atoms with Gasteiger partial charge in [-0.15, -0.1) is 10.2 Å². The molecular weight excluding hydrogens is 334 g/mol. The van der Waals surface area contributed by atoms with Crippen LogP contribution in [0.2, 0.25) is 5.02 Å². The van der Waals surface area contributed by atoms with Gasteiger partial charge in [-0.05, 0) is 43.5 Å². The molecule has 0 bridgehead atoms. The van der Waals surface area contributed by atoms with Crippen molar-refractivity contribution in [3.63, 3.8) is 0 Å². The number of rotatable bonds is 6. The van der Waals surface area contributed by atoms with Gasteiger partial charge in [0.05, 0.1) is 0 Å². The van der Waals surface area contributed by atoms with Gasteiger partial charge in [0.2, 0.25) is 5.13 Å². The van der Waals surface area contributed by atoms with E-state index >= 15 is 0 Å². The van der Waals surface area contributed by atoms with E-state index in [9.17, 15) is 4.79 Å². The van der Waals surface area contributed by atoms with Crippen LogP contribution in [-0.4, -0.2) is 22.2 Å². The molecule has 0 saturated heterocycles. The smallest absolute Gasteiger partial charge is 0.266 e. The lowest BCUT2D eigenvalue weighted by molar-refractivity contribution is -0.122. The second-order valence-electron chi connectivity index (χ2n) is 5.76. The number of carbonyl (C=O) groups is 1. The van der Waals surface area contributed by atoms with Gasteiger partial charge in [-0.2, -0.15) is 0 Å². The van der Waals surface area contributed by atoms with E-state index in [-0.39, 0.29) is 5.91 Å². The highest BCUT2D eigenvalue weighted by Crippen LogP contribution is 2.23. The van der Waals surface area contributed by atoms with E-state index in [2.05, 4.69) is 29.4 Å². The lowest BCUT2D eigenvalue weighted by atomic mass is 10.1. The van der Waals surface area contributed by atoms with Crippen LogP contribution >= 0.6 is 22.9 Å². The van der Waals surface area contributed by atoms with Gasteiger partial charge in [0.25, 0.3) is 5.91 Å². The summed E-state index contributed by atoms with van der Waals surface area (Å²) in [6.07, 6.45) is 0.205. The highest BCUT2D eigenvalue weighted by atomic mass is 35.5. The van der Waals surface area contributed by atoms with Gasteiger partial charge in [0.15, 0.2) is 6.10 Å². The van der Waals surface area contributed by atoms with Crippen LogP contribution in [0.1, 0.15) is 31.3 Å². The average Bonchev–Trinajstić information content (AvgIpc) is 2.88. The van der Waals surface area contributed by atoms with Gasteiger partial charge in [-0.25, -0.2) is 0 Å². The van der Waals surface area contributed by atoms with Crippen molar-refractivity contribution in [2.45, 2.75) is 40.2 Å². The molecule has 1 unspecified atom stereocenters. The van der Waals surface area contributed by atoms with E-state index in [1.54, 1.807) is 25.1 Å². The highest BCUT2D eigenvalue weighted by Gasteiger charge is 2.18. The van der Waals surface area contributed by atoms with Crippen molar-refractivity contribution in [2.75, 3.05) is 5.32 Å². The van der Waals surface area contributed by atoms with E-state index in [4.69, 9.17) is 16.3 Å². The standard InChI is InChI=1S/C16H20ClN3O2S/c1-9(2)7-14-19-20-16(23-14)18-15(21)11(4)22-13-6-5-12(17)8-10(13)3/h5-6,8-9,11H,7H2,1-4H3,(H,18,20,21). The van der Waals surface area contributed by atoms with Gasteiger partial charge >= 0.3 is 0 Å². The maximum atomic E-state index is 12.2. The molecule has 0 radical (unpaired) electrons. The van der Waals surface area contributed by atoms with Crippen molar-refractivity contribution in [2.24, 2.45) is 5.92 Å². The molecule has 2 aromatic rings. The number of aryl methyl sites for hydroxylation is 1. The number of anilines is 1. The Bertz CT molecular complexity index is 688. The van der Waals surface area contributed by atoms with Crippen molar-refractivity contribution in [3.05, 3.63) is 33.8 Å². The summed E-state index contributed by atoms with van der Waals surface area (Å²) in [5, 5.41) is 12.9. The van der Waals surface area contributed by atoms with Gasteiger partial charge in [0.1, 0.15) is 10.8 Å². The number of nitrogens with zero attached hydrogens (tertiary/aromatic N) is 2. The molecule has 0 spiro atoms. The molecule has 5 nitrogen and oxygen atoms in total. The number of amides is 1. The van der Waals surface area contributed by atoms with Crippen LogP contribution in [0.25, 0.3) is 0 Å². The van der Waals surface area contributed by atoms with Crippen LogP contribution in [0, 0.1) is 12.8 Å². The minimum absolute atomic E-state index is 0.258. The summed E-state index contributed by atoms with van der Waals surface area (Å²) in [6, 6.07) is 5.29. The molecule has 1 aromatic heterocycles. The molecule has 0 aliphatic rings. The fourth-order valence-electron chi connectivity index (χ4n) is 1.93. The summed E-state index contributed by atoms with van der Waals surface area (Å²) in [4.78, 5) is 12.2. The van der Waals surface area contributed by atoms with Crippen LogP contribution in [0.5, 0.6) is 5.75 Å². The third-order valence-electron chi connectivity index (χ3n) is 3.09. The monoisotopic (exact) mass is 353 g/mol. The largest absolute Gasteiger partial charge is 0.481 e. The number of aromatic nitrogens is 2. The first kappa shape index (κ1) is 17.7. The Kier molecular flexibility index (Phi) is 5.96. The van der Waals surface area contributed by atoms with E-state index in [1.807, 2.05) is 6.92 Å². The molecule has 0 aliphatic carbocycles. The maximum Gasteiger partial charge on any atom is 0.266 e.